The number of hydrogen-bond donors (Lipinski definition) is 2. The number of carbonyl (C=O) groups excluding carboxylic acids is 2. The largest absolute Gasteiger partial charge is 0.364 e. The summed E-state index contributed by atoms with van der Waals surface area (Å²) in [6.45, 7) is 3.40. The Labute approximate surface area is 146 Å². The van der Waals surface area contributed by atoms with Crippen LogP contribution in [-0.2, 0) is 11.3 Å². The van der Waals surface area contributed by atoms with Gasteiger partial charge in [0.25, 0.3) is 11.5 Å². The van der Waals surface area contributed by atoms with Crippen molar-refractivity contribution in [2.75, 3.05) is 5.32 Å². The molecular weight excluding hydrogens is 342 g/mol. The van der Waals surface area contributed by atoms with Gasteiger partial charge in [-0.25, -0.2) is 9.67 Å². The molecule has 2 heterocycles. The number of nitrogens with zero attached hydrogens (tertiary/aromatic N) is 3. The van der Waals surface area contributed by atoms with Crippen molar-refractivity contribution in [2.24, 2.45) is 5.73 Å². The van der Waals surface area contributed by atoms with E-state index in [2.05, 4.69) is 15.4 Å². The molecule has 0 atom stereocenters. The number of primary amides is 1. The number of fused-ring (bicyclic) bond motifs is 1. The number of benzene rings is 1. The van der Waals surface area contributed by atoms with Crippen molar-refractivity contribution in [3.8, 4) is 0 Å². The summed E-state index contributed by atoms with van der Waals surface area (Å²) >= 11 is 1.34. The molecule has 9 heteroatoms. The molecule has 2 aromatic heterocycles. The van der Waals surface area contributed by atoms with Crippen LogP contribution in [0.15, 0.2) is 29.1 Å². The van der Waals surface area contributed by atoms with Crippen LogP contribution in [0.1, 0.15) is 21.1 Å². The molecule has 0 unspecified atom stereocenters. The average molecular weight is 357 g/mol. The normalized spacial score (nSPS) is 10.8. The molecule has 3 N–H and O–H groups in total. The number of anilines is 1. The molecule has 0 aliphatic carbocycles. The average Bonchev–Trinajstić information content (AvgIpc) is 2.87. The zero-order chi connectivity index (χ0) is 18.1. The van der Waals surface area contributed by atoms with Crippen molar-refractivity contribution < 1.29 is 9.59 Å². The van der Waals surface area contributed by atoms with Gasteiger partial charge in [-0.1, -0.05) is 18.2 Å². The van der Waals surface area contributed by atoms with Crippen LogP contribution in [0, 0.1) is 13.8 Å². The summed E-state index contributed by atoms with van der Waals surface area (Å²) in [4.78, 5) is 41.6. The van der Waals surface area contributed by atoms with E-state index in [0.29, 0.717) is 10.5 Å². The van der Waals surface area contributed by atoms with Crippen LogP contribution in [0.25, 0.3) is 10.8 Å². The lowest BCUT2D eigenvalue weighted by Crippen LogP contribution is -2.32. The van der Waals surface area contributed by atoms with Gasteiger partial charge in [0, 0.05) is 10.3 Å². The number of aromatic nitrogens is 3. The molecule has 25 heavy (non-hydrogen) atoms. The van der Waals surface area contributed by atoms with Crippen LogP contribution in [0.5, 0.6) is 0 Å². The van der Waals surface area contributed by atoms with E-state index < -0.39 is 17.4 Å². The Morgan fingerprint density at radius 2 is 1.92 bits per heavy atom. The summed E-state index contributed by atoms with van der Waals surface area (Å²) in [5.74, 6) is -1.23. The zero-order valence-corrected chi connectivity index (χ0v) is 14.4. The molecule has 128 valence electrons. The van der Waals surface area contributed by atoms with E-state index in [1.807, 2.05) is 13.8 Å². The highest BCUT2D eigenvalue weighted by Gasteiger charge is 2.16. The second-order valence-corrected chi connectivity index (χ2v) is 6.63. The van der Waals surface area contributed by atoms with Crippen molar-refractivity contribution in [3.05, 3.63) is 50.9 Å². The first kappa shape index (κ1) is 16.8. The minimum Gasteiger partial charge on any atom is -0.364 e. The maximum Gasteiger partial charge on any atom is 0.275 e. The maximum atomic E-state index is 12.5. The molecule has 2 amide bonds. The Hall–Kier alpha value is -3.07. The van der Waals surface area contributed by atoms with Gasteiger partial charge in [0.05, 0.1) is 11.1 Å². The van der Waals surface area contributed by atoms with Gasteiger partial charge in [-0.2, -0.15) is 5.10 Å². The first-order valence-electron chi connectivity index (χ1n) is 7.40. The third-order valence-corrected chi connectivity index (χ3v) is 4.66. The van der Waals surface area contributed by atoms with E-state index in [4.69, 9.17) is 5.73 Å². The van der Waals surface area contributed by atoms with Crippen molar-refractivity contribution in [1.82, 2.24) is 14.8 Å². The lowest BCUT2D eigenvalue weighted by Gasteiger charge is -2.08. The Bertz CT molecular complexity index is 1030. The Morgan fingerprint density at radius 3 is 2.52 bits per heavy atom. The highest BCUT2D eigenvalue weighted by molar-refractivity contribution is 7.15. The summed E-state index contributed by atoms with van der Waals surface area (Å²) in [6, 6.07) is 6.50. The molecule has 0 radical (unpaired) electrons. The summed E-state index contributed by atoms with van der Waals surface area (Å²) in [6.07, 6.45) is 0. The molecule has 0 bridgehead atoms. The van der Waals surface area contributed by atoms with Gasteiger partial charge in [-0.15, -0.1) is 11.3 Å². The fraction of sp³-hybridized carbons (Fsp3) is 0.188. The van der Waals surface area contributed by atoms with Gasteiger partial charge in [0.15, 0.2) is 10.8 Å². The Kier molecular flexibility index (Phi) is 4.32. The molecule has 0 aliphatic rings. The Morgan fingerprint density at radius 1 is 1.24 bits per heavy atom. The van der Waals surface area contributed by atoms with Gasteiger partial charge >= 0.3 is 0 Å². The topological polar surface area (TPSA) is 120 Å². The number of nitrogens with two attached hydrogens (primary N) is 1. The predicted octanol–water partition coefficient (Wildman–Crippen LogP) is 1.21. The third kappa shape index (κ3) is 3.26. The fourth-order valence-corrected chi connectivity index (χ4v) is 3.18. The van der Waals surface area contributed by atoms with E-state index in [1.54, 1.807) is 24.3 Å². The molecule has 3 aromatic rings. The molecule has 0 aliphatic heterocycles. The van der Waals surface area contributed by atoms with Crippen LogP contribution in [0.2, 0.25) is 0 Å². The second-order valence-electron chi connectivity index (χ2n) is 5.43. The van der Waals surface area contributed by atoms with E-state index in [9.17, 15) is 14.4 Å². The molecule has 0 saturated heterocycles. The molecule has 0 saturated carbocycles. The maximum absolute atomic E-state index is 12.5. The van der Waals surface area contributed by atoms with E-state index >= 15 is 0 Å². The van der Waals surface area contributed by atoms with Crippen molar-refractivity contribution >= 4 is 39.1 Å². The summed E-state index contributed by atoms with van der Waals surface area (Å²) in [5, 5.41) is 7.67. The first-order valence-corrected chi connectivity index (χ1v) is 8.22. The van der Waals surface area contributed by atoms with E-state index in [0.717, 1.165) is 15.3 Å². The first-order chi connectivity index (χ1) is 11.9. The van der Waals surface area contributed by atoms with Gasteiger partial charge in [-0.3, -0.25) is 14.4 Å². The lowest BCUT2D eigenvalue weighted by molar-refractivity contribution is -0.117. The fourth-order valence-electron chi connectivity index (χ4n) is 2.35. The number of nitrogens with one attached hydrogen (secondary N) is 1. The number of thiazole rings is 1. The Balaban J connectivity index is 1.95. The van der Waals surface area contributed by atoms with Crippen molar-refractivity contribution in [1.29, 1.82) is 0 Å². The number of carbonyl (C=O) groups is 2. The van der Waals surface area contributed by atoms with E-state index in [1.165, 1.54) is 11.3 Å². The van der Waals surface area contributed by atoms with Crippen molar-refractivity contribution in [2.45, 2.75) is 20.4 Å². The van der Waals surface area contributed by atoms with Gasteiger partial charge in [-0.05, 0) is 19.9 Å². The zero-order valence-electron chi connectivity index (χ0n) is 13.6. The molecule has 3 rings (SSSR count). The summed E-state index contributed by atoms with van der Waals surface area (Å²) < 4.78 is 0.936. The van der Waals surface area contributed by atoms with Crippen LogP contribution in [0.3, 0.4) is 0 Å². The van der Waals surface area contributed by atoms with Crippen LogP contribution in [0.4, 0.5) is 5.13 Å². The number of rotatable bonds is 4. The monoisotopic (exact) mass is 357 g/mol. The SMILES string of the molecule is Cc1nc(NC(=O)Cn2nc(C(N)=O)c3ccccc3c2=O)sc1C. The third-order valence-electron chi connectivity index (χ3n) is 3.67. The quantitative estimate of drug-likeness (QED) is 0.727. The molecule has 1 aromatic carbocycles. The molecule has 0 fully saturated rings. The summed E-state index contributed by atoms with van der Waals surface area (Å²) in [5.41, 5.74) is 5.66. The highest BCUT2D eigenvalue weighted by atomic mass is 32.1. The highest BCUT2D eigenvalue weighted by Crippen LogP contribution is 2.21. The number of amides is 2. The van der Waals surface area contributed by atoms with Crippen LogP contribution < -0.4 is 16.6 Å². The molecular formula is C16H15N5O3S. The van der Waals surface area contributed by atoms with Gasteiger partial charge in [0.2, 0.25) is 5.91 Å². The van der Waals surface area contributed by atoms with Crippen LogP contribution in [-0.4, -0.2) is 26.6 Å². The molecule has 8 nitrogen and oxygen atoms in total. The smallest absolute Gasteiger partial charge is 0.275 e. The van der Waals surface area contributed by atoms with Crippen LogP contribution >= 0.6 is 11.3 Å². The minimum absolute atomic E-state index is 0.0519. The minimum atomic E-state index is -0.767. The van der Waals surface area contributed by atoms with Gasteiger partial charge < -0.3 is 11.1 Å². The molecule has 0 spiro atoms. The lowest BCUT2D eigenvalue weighted by atomic mass is 10.1. The number of hydrogen-bond acceptors (Lipinski definition) is 6. The standard InChI is InChI=1S/C16H15N5O3S/c1-8-9(2)25-16(18-8)19-12(22)7-21-15(24)11-6-4-3-5-10(11)13(20-21)14(17)23/h3-6H,7H2,1-2H3,(H2,17,23)(H,18,19,22). The van der Waals surface area contributed by atoms with E-state index in [-0.39, 0.29) is 17.6 Å². The summed E-state index contributed by atoms with van der Waals surface area (Å²) in [7, 11) is 0. The van der Waals surface area contributed by atoms with Crippen molar-refractivity contribution in [3.63, 3.8) is 0 Å². The predicted molar refractivity (Wildman–Crippen MR) is 94.7 cm³/mol. The number of aryl methyl sites for hydroxylation is 2. The second kappa shape index (κ2) is 6.44. The van der Waals surface area contributed by atoms with Gasteiger partial charge in [0.1, 0.15) is 6.54 Å².